The predicted molar refractivity (Wildman–Crippen MR) is 91.9 cm³/mol. The third-order valence-corrected chi connectivity index (χ3v) is 4.06. The number of phenolic OH excluding ortho intramolecular Hbond substituents is 1. The fraction of sp³-hybridized carbons (Fsp3) is 0.333. The molecule has 6 nitrogen and oxygen atoms in total. The van der Waals surface area contributed by atoms with Crippen molar-refractivity contribution in [3.8, 4) is 17.0 Å². The van der Waals surface area contributed by atoms with Crippen LogP contribution in [0.5, 0.6) is 5.75 Å². The summed E-state index contributed by atoms with van der Waals surface area (Å²) in [5.74, 6) is 0.242. The van der Waals surface area contributed by atoms with E-state index in [1.165, 1.54) is 0 Å². The second-order valence-electron chi connectivity index (χ2n) is 6.20. The largest absolute Gasteiger partial charge is 0.508 e. The summed E-state index contributed by atoms with van der Waals surface area (Å²) in [4.78, 5) is 4.58. The van der Waals surface area contributed by atoms with Crippen molar-refractivity contribution in [2.75, 3.05) is 0 Å². The number of aryl methyl sites for hydroxylation is 2. The summed E-state index contributed by atoms with van der Waals surface area (Å²) in [7, 11) is 0. The van der Waals surface area contributed by atoms with Crippen LogP contribution >= 0.6 is 0 Å². The van der Waals surface area contributed by atoms with Crippen LogP contribution in [0.2, 0.25) is 0 Å². The van der Waals surface area contributed by atoms with Crippen molar-refractivity contribution in [1.82, 2.24) is 19.7 Å². The van der Waals surface area contributed by atoms with E-state index in [-0.39, 0.29) is 5.75 Å². The summed E-state index contributed by atoms with van der Waals surface area (Å²) in [6.45, 7) is 6.26. The van der Waals surface area contributed by atoms with Crippen LogP contribution in [0.4, 0.5) is 0 Å². The van der Waals surface area contributed by atoms with Crippen LogP contribution in [0.1, 0.15) is 29.6 Å². The Kier molecular flexibility index (Phi) is 4.40. The standard InChI is InChI=1S/C18H22N4O2/c1-11(23)7-16-18(17-12(2)20-21-13(17)3)19-10-22(16)9-14-5-4-6-15(24)8-14/h4-6,8,10-11,23-24H,7,9H2,1-3H3,(H,20,21). The number of benzene rings is 1. The van der Waals surface area contributed by atoms with E-state index in [2.05, 4.69) is 15.2 Å². The van der Waals surface area contributed by atoms with E-state index < -0.39 is 6.10 Å². The maximum atomic E-state index is 9.91. The topological polar surface area (TPSA) is 87.0 Å². The van der Waals surface area contributed by atoms with Crippen LogP contribution in [-0.4, -0.2) is 36.1 Å². The first-order valence-corrected chi connectivity index (χ1v) is 7.97. The molecule has 1 atom stereocenters. The highest BCUT2D eigenvalue weighted by molar-refractivity contribution is 5.67. The van der Waals surface area contributed by atoms with E-state index in [0.717, 1.165) is 33.9 Å². The number of aromatic hydroxyl groups is 1. The third kappa shape index (κ3) is 3.19. The zero-order chi connectivity index (χ0) is 17.3. The molecule has 0 aliphatic heterocycles. The molecule has 24 heavy (non-hydrogen) atoms. The number of aromatic nitrogens is 4. The summed E-state index contributed by atoms with van der Waals surface area (Å²) in [6.07, 6.45) is 1.80. The summed E-state index contributed by atoms with van der Waals surface area (Å²) in [5, 5.41) is 26.8. The van der Waals surface area contributed by atoms with Gasteiger partial charge in [-0.1, -0.05) is 12.1 Å². The van der Waals surface area contributed by atoms with Gasteiger partial charge in [-0.15, -0.1) is 0 Å². The Bertz CT molecular complexity index is 829. The third-order valence-electron chi connectivity index (χ3n) is 4.06. The molecular weight excluding hydrogens is 304 g/mol. The van der Waals surface area contributed by atoms with Gasteiger partial charge in [0.1, 0.15) is 5.75 Å². The van der Waals surface area contributed by atoms with Crippen molar-refractivity contribution >= 4 is 0 Å². The van der Waals surface area contributed by atoms with E-state index in [9.17, 15) is 10.2 Å². The molecule has 0 radical (unpaired) electrons. The fourth-order valence-electron chi connectivity index (χ4n) is 3.00. The monoisotopic (exact) mass is 326 g/mol. The molecule has 1 unspecified atom stereocenters. The van der Waals surface area contributed by atoms with Gasteiger partial charge >= 0.3 is 0 Å². The summed E-state index contributed by atoms with van der Waals surface area (Å²) in [5.41, 5.74) is 5.62. The molecule has 3 N–H and O–H groups in total. The number of imidazole rings is 1. The summed E-state index contributed by atoms with van der Waals surface area (Å²) in [6, 6.07) is 7.17. The Morgan fingerprint density at radius 1 is 1.29 bits per heavy atom. The number of aliphatic hydroxyl groups excluding tert-OH is 1. The number of hydrogen-bond acceptors (Lipinski definition) is 4. The second kappa shape index (κ2) is 6.49. The zero-order valence-electron chi connectivity index (χ0n) is 14.1. The number of hydrogen-bond donors (Lipinski definition) is 3. The fourth-order valence-corrected chi connectivity index (χ4v) is 3.00. The molecule has 0 saturated heterocycles. The number of aliphatic hydroxyl groups is 1. The molecule has 0 amide bonds. The van der Waals surface area contributed by atoms with E-state index in [0.29, 0.717) is 13.0 Å². The van der Waals surface area contributed by atoms with Crippen LogP contribution in [0.25, 0.3) is 11.3 Å². The lowest BCUT2D eigenvalue weighted by atomic mass is 10.0. The Hall–Kier alpha value is -2.60. The van der Waals surface area contributed by atoms with E-state index in [1.54, 1.807) is 25.4 Å². The highest BCUT2D eigenvalue weighted by Crippen LogP contribution is 2.29. The average molecular weight is 326 g/mol. The molecule has 0 spiro atoms. The van der Waals surface area contributed by atoms with Gasteiger partial charge in [-0.3, -0.25) is 5.10 Å². The first-order chi connectivity index (χ1) is 11.5. The highest BCUT2D eigenvalue weighted by atomic mass is 16.3. The van der Waals surface area contributed by atoms with Crippen LogP contribution < -0.4 is 0 Å². The molecule has 3 aromatic rings. The van der Waals surface area contributed by atoms with Gasteiger partial charge in [0.05, 0.1) is 23.8 Å². The predicted octanol–water partition coefficient (Wildman–Crippen LogP) is 2.57. The normalized spacial score (nSPS) is 12.5. The van der Waals surface area contributed by atoms with Crippen molar-refractivity contribution in [3.05, 3.63) is 53.2 Å². The minimum Gasteiger partial charge on any atom is -0.508 e. The Morgan fingerprint density at radius 3 is 2.71 bits per heavy atom. The van der Waals surface area contributed by atoms with Crippen molar-refractivity contribution in [3.63, 3.8) is 0 Å². The summed E-state index contributed by atoms with van der Waals surface area (Å²) >= 11 is 0. The van der Waals surface area contributed by atoms with Crippen LogP contribution in [0.3, 0.4) is 0 Å². The van der Waals surface area contributed by atoms with Gasteiger partial charge in [0, 0.05) is 29.9 Å². The van der Waals surface area contributed by atoms with Gasteiger partial charge in [-0.2, -0.15) is 5.10 Å². The molecule has 2 heterocycles. The Balaban J connectivity index is 2.04. The summed E-state index contributed by atoms with van der Waals surface area (Å²) < 4.78 is 2.02. The SMILES string of the molecule is Cc1n[nH]c(C)c1-c1ncn(Cc2cccc(O)c2)c1CC(C)O. The van der Waals surface area contributed by atoms with Crippen LogP contribution in [0, 0.1) is 13.8 Å². The molecule has 0 aliphatic carbocycles. The molecular formula is C18H22N4O2. The van der Waals surface area contributed by atoms with Gasteiger partial charge in [0.15, 0.2) is 0 Å². The van der Waals surface area contributed by atoms with Crippen molar-refractivity contribution < 1.29 is 10.2 Å². The van der Waals surface area contributed by atoms with Crippen LogP contribution in [0.15, 0.2) is 30.6 Å². The minimum absolute atomic E-state index is 0.242. The van der Waals surface area contributed by atoms with Gasteiger partial charge in [-0.05, 0) is 38.5 Å². The van der Waals surface area contributed by atoms with Crippen LogP contribution in [-0.2, 0) is 13.0 Å². The average Bonchev–Trinajstić information content (AvgIpc) is 3.03. The Morgan fingerprint density at radius 2 is 2.08 bits per heavy atom. The molecule has 6 heteroatoms. The molecule has 0 saturated carbocycles. The maximum Gasteiger partial charge on any atom is 0.115 e. The molecule has 3 rings (SSSR count). The lowest BCUT2D eigenvalue weighted by molar-refractivity contribution is 0.193. The number of phenols is 1. The van der Waals surface area contributed by atoms with E-state index in [4.69, 9.17) is 0 Å². The highest BCUT2D eigenvalue weighted by Gasteiger charge is 2.19. The zero-order valence-corrected chi connectivity index (χ0v) is 14.1. The van der Waals surface area contributed by atoms with Gasteiger partial charge < -0.3 is 14.8 Å². The van der Waals surface area contributed by atoms with Crippen molar-refractivity contribution in [2.45, 2.75) is 39.8 Å². The molecule has 1 aromatic carbocycles. The van der Waals surface area contributed by atoms with Gasteiger partial charge in [-0.25, -0.2) is 4.98 Å². The molecule has 0 aliphatic rings. The maximum absolute atomic E-state index is 9.91. The Labute approximate surface area is 140 Å². The number of H-pyrrole nitrogens is 1. The smallest absolute Gasteiger partial charge is 0.115 e. The molecule has 2 aromatic heterocycles. The van der Waals surface area contributed by atoms with Gasteiger partial charge in [0.25, 0.3) is 0 Å². The number of nitrogens with one attached hydrogen (secondary N) is 1. The number of nitrogens with zero attached hydrogens (tertiary/aromatic N) is 3. The van der Waals surface area contributed by atoms with Crippen molar-refractivity contribution in [2.24, 2.45) is 0 Å². The molecule has 126 valence electrons. The molecule has 0 bridgehead atoms. The van der Waals surface area contributed by atoms with E-state index >= 15 is 0 Å². The quantitative estimate of drug-likeness (QED) is 0.672. The van der Waals surface area contributed by atoms with E-state index in [1.807, 2.05) is 30.5 Å². The number of aromatic amines is 1. The first-order valence-electron chi connectivity index (χ1n) is 7.97. The second-order valence-corrected chi connectivity index (χ2v) is 6.20. The van der Waals surface area contributed by atoms with Crippen molar-refractivity contribution in [1.29, 1.82) is 0 Å². The molecule has 0 fully saturated rings. The van der Waals surface area contributed by atoms with Gasteiger partial charge in [0.2, 0.25) is 0 Å². The minimum atomic E-state index is -0.476. The number of rotatable bonds is 5. The lowest BCUT2D eigenvalue weighted by Crippen LogP contribution is -2.12. The lowest BCUT2D eigenvalue weighted by Gasteiger charge is -2.12. The first kappa shape index (κ1) is 16.3.